The first-order chi connectivity index (χ1) is 19.8. The molecular weight excluding hydrogens is 486 g/mol. The SMILES string of the molecule is C1=CC2=CC(c3cc(N(c4ccccc4)c4ccc5c(c4)oc4ccccc45)cc4ccccc34)=CCC2C=C1. The van der Waals surface area contributed by atoms with Gasteiger partial charge < -0.3 is 9.32 Å². The lowest BCUT2D eigenvalue weighted by molar-refractivity contribution is 0.669. The maximum atomic E-state index is 6.30. The van der Waals surface area contributed by atoms with Crippen molar-refractivity contribution in [1.82, 2.24) is 0 Å². The van der Waals surface area contributed by atoms with Gasteiger partial charge in [-0.15, -0.1) is 0 Å². The second-order valence-electron chi connectivity index (χ2n) is 10.6. The predicted octanol–water partition coefficient (Wildman–Crippen LogP) is 10.7. The fraction of sp³-hybridized carbons (Fsp3) is 0.0526. The molecular formula is C38H27NO. The molecule has 6 aromatic rings. The normalized spacial score (nSPS) is 16.2. The topological polar surface area (TPSA) is 16.4 Å². The van der Waals surface area contributed by atoms with Gasteiger partial charge in [0.05, 0.1) is 0 Å². The standard InChI is InChI=1S/C38H27NO/c1-2-13-30(14-3-1)39(31-20-21-35-34-16-8-9-17-37(34)40-38(35)25-31)32-23-28-12-6-7-15-33(28)36(24-32)29-19-18-26-10-4-5-11-27(26)22-29/h1-17,19-26H,18H2. The number of anilines is 3. The summed E-state index contributed by atoms with van der Waals surface area (Å²) in [7, 11) is 0. The number of benzene rings is 5. The van der Waals surface area contributed by atoms with E-state index in [2.05, 4.69) is 138 Å². The minimum absolute atomic E-state index is 0.472. The molecule has 0 N–H and O–H groups in total. The Bertz CT molecular complexity index is 2040. The van der Waals surface area contributed by atoms with E-state index in [4.69, 9.17) is 4.42 Å². The number of para-hydroxylation sites is 2. The lowest BCUT2D eigenvalue weighted by Gasteiger charge is -2.27. The summed E-state index contributed by atoms with van der Waals surface area (Å²) < 4.78 is 6.30. The van der Waals surface area contributed by atoms with E-state index >= 15 is 0 Å². The van der Waals surface area contributed by atoms with Crippen molar-refractivity contribution >= 4 is 55.3 Å². The van der Waals surface area contributed by atoms with Gasteiger partial charge in [0.2, 0.25) is 0 Å². The smallest absolute Gasteiger partial charge is 0.137 e. The summed E-state index contributed by atoms with van der Waals surface area (Å²) in [6.07, 6.45) is 14.6. The predicted molar refractivity (Wildman–Crippen MR) is 168 cm³/mol. The van der Waals surface area contributed by atoms with Crippen LogP contribution in [-0.4, -0.2) is 0 Å². The molecule has 0 amide bonds. The van der Waals surface area contributed by atoms with Gasteiger partial charge in [0.1, 0.15) is 11.2 Å². The van der Waals surface area contributed by atoms with Crippen molar-refractivity contribution in [2.45, 2.75) is 6.42 Å². The monoisotopic (exact) mass is 513 g/mol. The summed E-state index contributed by atoms with van der Waals surface area (Å²) in [4.78, 5) is 2.34. The number of fused-ring (bicyclic) bond motifs is 5. The van der Waals surface area contributed by atoms with E-state index < -0.39 is 0 Å². The van der Waals surface area contributed by atoms with E-state index in [9.17, 15) is 0 Å². The van der Waals surface area contributed by atoms with Crippen molar-refractivity contribution in [2.75, 3.05) is 4.90 Å². The molecule has 1 heterocycles. The molecule has 0 saturated heterocycles. The first-order valence-corrected chi connectivity index (χ1v) is 13.9. The first-order valence-electron chi connectivity index (χ1n) is 13.9. The van der Waals surface area contributed by atoms with Gasteiger partial charge in [0.15, 0.2) is 0 Å². The lowest BCUT2D eigenvalue weighted by atomic mass is 9.83. The van der Waals surface area contributed by atoms with Crippen LogP contribution in [0.1, 0.15) is 12.0 Å². The molecule has 0 radical (unpaired) electrons. The highest BCUT2D eigenvalue weighted by Crippen LogP contribution is 2.42. The summed E-state index contributed by atoms with van der Waals surface area (Å²) in [6, 6.07) is 38.8. The molecule has 2 aliphatic carbocycles. The molecule has 2 heteroatoms. The maximum Gasteiger partial charge on any atom is 0.137 e. The molecule has 0 aliphatic heterocycles. The number of furan rings is 1. The van der Waals surface area contributed by atoms with Crippen LogP contribution >= 0.6 is 0 Å². The van der Waals surface area contributed by atoms with Crippen molar-refractivity contribution in [3.63, 3.8) is 0 Å². The zero-order chi connectivity index (χ0) is 26.5. The lowest BCUT2D eigenvalue weighted by Crippen LogP contribution is -2.11. The summed E-state index contributed by atoms with van der Waals surface area (Å²) in [5.41, 5.74) is 9.02. The molecule has 1 unspecified atom stereocenters. The van der Waals surface area contributed by atoms with Crippen LogP contribution in [-0.2, 0) is 0 Å². The number of allylic oxidation sites excluding steroid dienone is 8. The van der Waals surface area contributed by atoms with Crippen LogP contribution in [0.15, 0.2) is 156 Å². The van der Waals surface area contributed by atoms with E-state index in [1.54, 1.807) is 0 Å². The molecule has 40 heavy (non-hydrogen) atoms. The second kappa shape index (κ2) is 9.29. The van der Waals surface area contributed by atoms with Crippen molar-refractivity contribution in [3.8, 4) is 0 Å². The molecule has 2 nitrogen and oxygen atoms in total. The highest BCUT2D eigenvalue weighted by molar-refractivity contribution is 6.06. The van der Waals surface area contributed by atoms with Crippen molar-refractivity contribution < 1.29 is 4.42 Å². The summed E-state index contributed by atoms with van der Waals surface area (Å²) in [6.45, 7) is 0. The van der Waals surface area contributed by atoms with Crippen molar-refractivity contribution in [3.05, 3.63) is 157 Å². The van der Waals surface area contributed by atoms with Gasteiger partial charge in [-0.2, -0.15) is 0 Å². The molecule has 5 aromatic carbocycles. The summed E-state index contributed by atoms with van der Waals surface area (Å²) in [5.74, 6) is 0.472. The van der Waals surface area contributed by atoms with Gasteiger partial charge in [0, 0.05) is 39.8 Å². The Kier molecular flexibility index (Phi) is 5.31. The zero-order valence-corrected chi connectivity index (χ0v) is 22.0. The molecule has 2 aliphatic rings. The van der Waals surface area contributed by atoms with Crippen LogP contribution in [0.5, 0.6) is 0 Å². The molecule has 1 atom stereocenters. The van der Waals surface area contributed by atoms with Crippen LogP contribution in [0, 0.1) is 5.92 Å². The Morgan fingerprint density at radius 2 is 1.43 bits per heavy atom. The highest BCUT2D eigenvalue weighted by atomic mass is 16.3. The number of rotatable bonds is 4. The number of hydrogen-bond donors (Lipinski definition) is 0. The van der Waals surface area contributed by atoms with Gasteiger partial charge in [-0.05, 0) is 76.4 Å². The maximum absolute atomic E-state index is 6.30. The van der Waals surface area contributed by atoms with E-state index in [1.807, 2.05) is 12.1 Å². The molecule has 0 fully saturated rings. The fourth-order valence-corrected chi connectivity index (χ4v) is 6.19. The van der Waals surface area contributed by atoms with Crippen molar-refractivity contribution in [2.24, 2.45) is 5.92 Å². The van der Waals surface area contributed by atoms with E-state index in [1.165, 1.54) is 27.5 Å². The Morgan fingerprint density at radius 3 is 2.35 bits per heavy atom. The third kappa shape index (κ3) is 3.80. The average Bonchev–Trinajstić information content (AvgIpc) is 3.39. The quantitative estimate of drug-likeness (QED) is 0.233. The van der Waals surface area contributed by atoms with Gasteiger partial charge >= 0.3 is 0 Å². The third-order valence-electron chi connectivity index (χ3n) is 8.14. The Balaban J connectivity index is 1.33. The molecule has 8 rings (SSSR count). The van der Waals surface area contributed by atoms with Gasteiger partial charge in [-0.3, -0.25) is 0 Å². The minimum atomic E-state index is 0.472. The summed E-state index contributed by atoms with van der Waals surface area (Å²) >= 11 is 0. The first kappa shape index (κ1) is 22.9. The van der Waals surface area contributed by atoms with E-state index in [-0.39, 0.29) is 0 Å². The van der Waals surface area contributed by atoms with E-state index in [0.29, 0.717) is 5.92 Å². The Labute approximate surface area is 233 Å². The average molecular weight is 514 g/mol. The van der Waals surface area contributed by atoms with Gasteiger partial charge in [-0.25, -0.2) is 0 Å². The van der Waals surface area contributed by atoms with Crippen molar-refractivity contribution in [1.29, 1.82) is 0 Å². The van der Waals surface area contributed by atoms with E-state index in [0.717, 1.165) is 45.4 Å². The van der Waals surface area contributed by atoms with Crippen LogP contribution < -0.4 is 4.90 Å². The molecule has 1 aromatic heterocycles. The molecule has 190 valence electrons. The fourth-order valence-electron chi connectivity index (χ4n) is 6.19. The molecule has 0 bridgehead atoms. The Morgan fingerprint density at radius 1 is 0.625 bits per heavy atom. The third-order valence-corrected chi connectivity index (χ3v) is 8.14. The molecule has 0 saturated carbocycles. The Hall–Kier alpha value is -5.08. The largest absolute Gasteiger partial charge is 0.456 e. The van der Waals surface area contributed by atoms with Crippen LogP contribution in [0.25, 0.3) is 38.3 Å². The van der Waals surface area contributed by atoms with Gasteiger partial charge in [0.25, 0.3) is 0 Å². The minimum Gasteiger partial charge on any atom is -0.456 e. The van der Waals surface area contributed by atoms with Gasteiger partial charge in [-0.1, -0.05) is 97.1 Å². The molecule has 0 spiro atoms. The summed E-state index contributed by atoms with van der Waals surface area (Å²) in [5, 5.41) is 4.77. The highest BCUT2D eigenvalue weighted by Gasteiger charge is 2.20. The van der Waals surface area contributed by atoms with Crippen LogP contribution in [0.3, 0.4) is 0 Å². The number of nitrogens with zero attached hydrogens (tertiary/aromatic N) is 1. The van der Waals surface area contributed by atoms with Crippen LogP contribution in [0.2, 0.25) is 0 Å². The van der Waals surface area contributed by atoms with Crippen LogP contribution in [0.4, 0.5) is 17.1 Å². The zero-order valence-electron chi connectivity index (χ0n) is 22.0. The number of hydrogen-bond acceptors (Lipinski definition) is 2. The second-order valence-corrected chi connectivity index (χ2v) is 10.6.